The number of thiol groups is 2. The Morgan fingerprint density at radius 2 is 1.40 bits per heavy atom. The van der Waals surface area contributed by atoms with Gasteiger partial charge in [-0.3, -0.25) is 19.2 Å². The molecule has 0 aliphatic carbocycles. The molecule has 0 aliphatic rings. The molecular weight excluding hydrogens is 446 g/mol. The lowest BCUT2D eigenvalue weighted by Gasteiger charge is -2.16. The summed E-state index contributed by atoms with van der Waals surface area (Å²) in [6.45, 7) is -0.567. The van der Waals surface area contributed by atoms with Crippen LogP contribution in [0.5, 0.6) is 0 Å². The number of amides is 4. The van der Waals surface area contributed by atoms with E-state index in [1.807, 2.05) is 5.32 Å². The first-order valence-electron chi connectivity index (χ1n) is 8.13. The van der Waals surface area contributed by atoms with E-state index in [0.717, 1.165) is 0 Å². The fourth-order valence-corrected chi connectivity index (χ4v) is 2.02. The molecule has 14 nitrogen and oxygen atoms in total. The molecule has 3 atom stereocenters. The van der Waals surface area contributed by atoms with Crippen LogP contribution in [-0.4, -0.2) is 87.2 Å². The Balaban J connectivity index is 0. The molecule has 0 heterocycles. The summed E-state index contributed by atoms with van der Waals surface area (Å²) in [5.41, 5.74) is 9.89. The fraction of sp³-hybridized carbons (Fsp3) is 0.571. The lowest BCUT2D eigenvalue weighted by atomic mass is 10.1. The lowest BCUT2D eigenvalue weighted by Crippen LogP contribution is -2.49. The van der Waals surface area contributed by atoms with Crippen LogP contribution in [0, 0.1) is 0 Å². The molecule has 4 amide bonds. The Hall–Kier alpha value is -2.72. The topological polar surface area (TPSA) is 251 Å². The molecular formula is C14H25N5O9S2. The van der Waals surface area contributed by atoms with E-state index in [1.165, 1.54) is 0 Å². The predicted molar refractivity (Wildman–Crippen MR) is 109 cm³/mol. The maximum Gasteiger partial charge on any atom is 0.327 e. The number of hydrogen-bond donors (Lipinski definition) is 10. The van der Waals surface area contributed by atoms with Crippen molar-refractivity contribution in [1.82, 2.24) is 16.0 Å². The molecule has 30 heavy (non-hydrogen) atoms. The van der Waals surface area contributed by atoms with Gasteiger partial charge >= 0.3 is 23.9 Å². The summed E-state index contributed by atoms with van der Waals surface area (Å²) in [5.74, 6) is -4.82. The van der Waals surface area contributed by atoms with Crippen molar-refractivity contribution in [3.05, 3.63) is 0 Å². The minimum Gasteiger partial charge on any atom is -0.480 e. The van der Waals surface area contributed by atoms with Crippen molar-refractivity contribution in [2.24, 2.45) is 11.5 Å². The van der Waals surface area contributed by atoms with Crippen molar-refractivity contribution in [1.29, 1.82) is 0 Å². The second kappa shape index (κ2) is 16.1. The van der Waals surface area contributed by atoms with E-state index in [-0.39, 0.29) is 24.3 Å². The third-order valence-electron chi connectivity index (χ3n) is 3.04. The summed E-state index contributed by atoms with van der Waals surface area (Å²) in [6.07, 6.45) is -0.235. The molecule has 10 N–H and O–H groups in total. The van der Waals surface area contributed by atoms with Crippen LogP contribution in [0.15, 0.2) is 0 Å². The van der Waals surface area contributed by atoms with Crippen LogP contribution in [-0.2, 0) is 24.0 Å². The predicted octanol–water partition coefficient (Wildman–Crippen LogP) is -3.17. The number of aliphatic carboxylic acids is 3. The summed E-state index contributed by atoms with van der Waals surface area (Å²) in [7, 11) is 0. The highest BCUT2D eigenvalue weighted by Gasteiger charge is 2.21. The number of rotatable bonds is 12. The summed E-state index contributed by atoms with van der Waals surface area (Å²) < 4.78 is 0. The molecule has 0 aliphatic heterocycles. The SMILES string of the molecule is NC(=O)N[C@@H](CS)C(=O)O.NC(CCC(=O)NC(CS)C(=O)NCC(=O)O)C(=O)O. The number of carboxylic acid groups (broad SMARTS) is 3. The highest BCUT2D eigenvalue weighted by atomic mass is 32.1. The molecule has 2 unspecified atom stereocenters. The van der Waals surface area contributed by atoms with Crippen LogP contribution >= 0.6 is 25.3 Å². The number of carbonyl (C=O) groups excluding carboxylic acids is 3. The monoisotopic (exact) mass is 471 g/mol. The fourth-order valence-electron chi connectivity index (χ4n) is 1.51. The van der Waals surface area contributed by atoms with Crippen molar-refractivity contribution in [2.75, 3.05) is 18.1 Å². The van der Waals surface area contributed by atoms with Crippen LogP contribution in [0.3, 0.4) is 0 Å². The Kier molecular flexibility index (Phi) is 15.8. The number of urea groups is 1. The van der Waals surface area contributed by atoms with Gasteiger partial charge in [0.05, 0.1) is 0 Å². The lowest BCUT2D eigenvalue weighted by molar-refractivity contribution is -0.139. The first-order valence-corrected chi connectivity index (χ1v) is 9.39. The van der Waals surface area contributed by atoms with Gasteiger partial charge in [0.1, 0.15) is 24.7 Å². The minimum atomic E-state index is -1.22. The molecule has 0 saturated heterocycles. The van der Waals surface area contributed by atoms with Gasteiger partial charge in [0.15, 0.2) is 0 Å². The molecule has 0 aromatic rings. The zero-order valence-electron chi connectivity index (χ0n) is 15.6. The highest BCUT2D eigenvalue weighted by Crippen LogP contribution is 1.97. The molecule has 172 valence electrons. The first kappa shape index (κ1) is 29.5. The van der Waals surface area contributed by atoms with E-state index in [2.05, 4.69) is 41.6 Å². The number of primary amides is 1. The van der Waals surface area contributed by atoms with Crippen molar-refractivity contribution in [3.63, 3.8) is 0 Å². The summed E-state index contributed by atoms with van der Waals surface area (Å²) >= 11 is 7.55. The van der Waals surface area contributed by atoms with Crippen molar-refractivity contribution < 1.29 is 44.1 Å². The van der Waals surface area contributed by atoms with E-state index in [9.17, 15) is 28.8 Å². The maximum absolute atomic E-state index is 11.5. The van der Waals surface area contributed by atoms with Crippen molar-refractivity contribution in [3.8, 4) is 0 Å². The van der Waals surface area contributed by atoms with Crippen LogP contribution in [0.2, 0.25) is 0 Å². The number of hydrogen-bond acceptors (Lipinski definition) is 9. The van der Waals surface area contributed by atoms with Gasteiger partial charge in [-0.2, -0.15) is 25.3 Å². The zero-order chi connectivity index (χ0) is 23.9. The Morgan fingerprint density at radius 1 is 0.867 bits per heavy atom. The average molecular weight is 472 g/mol. The van der Waals surface area contributed by atoms with Crippen LogP contribution in [0.25, 0.3) is 0 Å². The summed E-state index contributed by atoms with van der Waals surface area (Å²) in [5, 5.41) is 31.7. The van der Waals surface area contributed by atoms with Crippen LogP contribution in [0.4, 0.5) is 4.79 Å². The quantitative estimate of drug-likeness (QED) is 0.128. The largest absolute Gasteiger partial charge is 0.480 e. The third-order valence-corrected chi connectivity index (χ3v) is 3.78. The molecule has 0 radical (unpaired) electrons. The van der Waals surface area contributed by atoms with Gasteiger partial charge in [-0.05, 0) is 6.42 Å². The minimum absolute atomic E-state index is 0.0256. The van der Waals surface area contributed by atoms with Crippen molar-refractivity contribution in [2.45, 2.75) is 31.0 Å². The Labute approximate surface area is 181 Å². The first-order chi connectivity index (χ1) is 13.8. The van der Waals surface area contributed by atoms with Gasteiger partial charge in [0.25, 0.3) is 0 Å². The number of carbonyl (C=O) groups is 6. The molecule has 0 aromatic carbocycles. The molecule has 0 saturated carbocycles. The Morgan fingerprint density at radius 3 is 1.73 bits per heavy atom. The smallest absolute Gasteiger partial charge is 0.327 e. The molecule has 0 fully saturated rings. The maximum atomic E-state index is 11.5. The normalized spacial score (nSPS) is 12.8. The molecule has 0 bridgehead atoms. The van der Waals surface area contributed by atoms with E-state index in [0.29, 0.717) is 0 Å². The summed E-state index contributed by atoms with van der Waals surface area (Å²) in [6, 6.07) is -4.01. The van der Waals surface area contributed by atoms with E-state index in [1.54, 1.807) is 0 Å². The molecule has 0 aromatic heterocycles. The van der Waals surface area contributed by atoms with Gasteiger partial charge in [-0.15, -0.1) is 0 Å². The molecule has 16 heteroatoms. The third kappa shape index (κ3) is 15.2. The highest BCUT2D eigenvalue weighted by molar-refractivity contribution is 7.80. The second-order valence-electron chi connectivity index (χ2n) is 5.48. The van der Waals surface area contributed by atoms with Gasteiger partial charge in [-0.25, -0.2) is 9.59 Å². The average Bonchev–Trinajstić information content (AvgIpc) is 2.66. The van der Waals surface area contributed by atoms with Gasteiger partial charge in [0, 0.05) is 17.9 Å². The number of nitrogens with one attached hydrogen (secondary N) is 3. The van der Waals surface area contributed by atoms with E-state index < -0.39 is 60.4 Å². The molecule has 0 rings (SSSR count). The van der Waals surface area contributed by atoms with E-state index in [4.69, 9.17) is 21.1 Å². The molecule has 0 spiro atoms. The van der Waals surface area contributed by atoms with Crippen molar-refractivity contribution >= 4 is 61.0 Å². The zero-order valence-corrected chi connectivity index (χ0v) is 17.4. The van der Waals surface area contributed by atoms with Crippen LogP contribution in [0.1, 0.15) is 12.8 Å². The Bertz CT molecular complexity index is 635. The second-order valence-corrected chi connectivity index (χ2v) is 6.21. The van der Waals surface area contributed by atoms with Gasteiger partial charge in [0.2, 0.25) is 11.8 Å². The number of nitrogens with two attached hydrogens (primary N) is 2. The van der Waals surface area contributed by atoms with E-state index >= 15 is 0 Å². The standard InChI is InChI=1S/C10H17N3O6S.C4H8N2O3S/c11-5(10(18)19)1-2-7(14)13-6(4-20)9(17)12-3-8(15)16;5-4(9)6-2(1-10)3(7)8/h5-6,20H,1-4,11H2,(H,12,17)(H,13,14)(H,15,16)(H,18,19);2,10H,1H2,(H,7,8)(H3,5,6,9)/t;2-/m.0/s1. The van der Waals surface area contributed by atoms with Crippen LogP contribution < -0.4 is 27.4 Å². The van der Waals surface area contributed by atoms with Gasteiger partial charge < -0.3 is 42.7 Å². The van der Waals surface area contributed by atoms with Gasteiger partial charge in [-0.1, -0.05) is 0 Å². The number of carboxylic acids is 3. The summed E-state index contributed by atoms with van der Waals surface area (Å²) in [4.78, 5) is 64.0.